The van der Waals surface area contributed by atoms with Gasteiger partial charge in [0.15, 0.2) is 0 Å². The molecule has 0 bridgehead atoms. The van der Waals surface area contributed by atoms with Crippen molar-refractivity contribution in [2.45, 2.75) is 58.0 Å². The fraction of sp³-hybridized carbons (Fsp3) is 0.333. The molecular weight excluding hydrogens is 532 g/mol. The summed E-state index contributed by atoms with van der Waals surface area (Å²) in [7, 11) is 0. The number of hydrogen-bond donors (Lipinski definition) is 1. The summed E-state index contributed by atoms with van der Waals surface area (Å²) >= 11 is 5.12. The Balaban J connectivity index is 1.85. The van der Waals surface area contributed by atoms with Gasteiger partial charge < -0.3 is 10.2 Å². The number of carbonyl (C=O) groups is 2. The molecule has 6 heteroatoms. The van der Waals surface area contributed by atoms with Crippen LogP contribution in [0, 0.1) is 6.92 Å². The van der Waals surface area contributed by atoms with E-state index in [1.807, 2.05) is 68.4 Å². The normalized spacial score (nSPS) is 12.6. The first-order chi connectivity index (χ1) is 17.4. The summed E-state index contributed by atoms with van der Waals surface area (Å²) in [6, 6.07) is 25.7. The molecule has 0 spiro atoms. The van der Waals surface area contributed by atoms with Gasteiger partial charge in [-0.2, -0.15) is 0 Å². The number of amides is 2. The zero-order valence-electron chi connectivity index (χ0n) is 21.2. The number of halogens is 1. The summed E-state index contributed by atoms with van der Waals surface area (Å²) in [5.74, 6) is 0.913. The van der Waals surface area contributed by atoms with Crippen LogP contribution in [-0.2, 0) is 28.3 Å². The van der Waals surface area contributed by atoms with Crippen LogP contribution in [0.1, 0.15) is 42.5 Å². The molecule has 3 aromatic carbocycles. The Labute approximate surface area is 228 Å². The predicted octanol–water partition coefficient (Wildman–Crippen LogP) is 6.55. The quantitative estimate of drug-likeness (QED) is 0.270. The Morgan fingerprint density at radius 2 is 1.64 bits per heavy atom. The predicted molar refractivity (Wildman–Crippen MR) is 154 cm³/mol. The van der Waals surface area contributed by atoms with E-state index in [0.29, 0.717) is 18.7 Å². The van der Waals surface area contributed by atoms with Gasteiger partial charge in [0, 0.05) is 29.2 Å². The third-order valence-electron chi connectivity index (χ3n) is 6.13. The van der Waals surface area contributed by atoms with Gasteiger partial charge in [0.1, 0.15) is 6.04 Å². The third-order valence-corrected chi connectivity index (χ3v) is 7.61. The van der Waals surface area contributed by atoms with Crippen molar-refractivity contribution in [2.75, 3.05) is 5.75 Å². The van der Waals surface area contributed by atoms with Crippen molar-refractivity contribution in [1.29, 1.82) is 0 Å². The molecule has 2 amide bonds. The lowest BCUT2D eigenvalue weighted by atomic mass is 10.0. The minimum Gasteiger partial charge on any atom is -0.352 e. The number of benzene rings is 3. The molecule has 0 aromatic heterocycles. The molecule has 4 nitrogen and oxygen atoms in total. The fourth-order valence-corrected chi connectivity index (χ4v) is 5.17. The molecule has 0 aliphatic carbocycles. The molecule has 0 saturated carbocycles. The van der Waals surface area contributed by atoms with Gasteiger partial charge in [0.05, 0.1) is 5.75 Å². The SMILES string of the molecule is CC[C@H](C)NC(=O)[C@@H](Cc1ccccc1)N(Cc1cccc(Br)c1)C(=O)CSCc1ccc(C)cc1. The van der Waals surface area contributed by atoms with Gasteiger partial charge in [-0.25, -0.2) is 0 Å². The first-order valence-electron chi connectivity index (χ1n) is 12.4. The molecule has 3 aromatic rings. The van der Waals surface area contributed by atoms with Gasteiger partial charge in [-0.05, 0) is 49.1 Å². The van der Waals surface area contributed by atoms with Crippen molar-refractivity contribution in [3.63, 3.8) is 0 Å². The molecule has 0 aliphatic rings. The van der Waals surface area contributed by atoms with Crippen molar-refractivity contribution >= 4 is 39.5 Å². The van der Waals surface area contributed by atoms with Crippen LogP contribution in [0.4, 0.5) is 0 Å². The van der Waals surface area contributed by atoms with Crippen molar-refractivity contribution in [1.82, 2.24) is 10.2 Å². The molecule has 2 atom stereocenters. The molecule has 0 saturated heterocycles. The maximum Gasteiger partial charge on any atom is 0.243 e. The number of aryl methyl sites for hydroxylation is 1. The van der Waals surface area contributed by atoms with Crippen molar-refractivity contribution in [2.24, 2.45) is 0 Å². The van der Waals surface area contributed by atoms with Crippen LogP contribution in [-0.4, -0.2) is 34.6 Å². The van der Waals surface area contributed by atoms with E-state index in [9.17, 15) is 9.59 Å². The number of nitrogens with one attached hydrogen (secondary N) is 1. The second-order valence-corrected chi connectivity index (χ2v) is 11.1. The lowest BCUT2D eigenvalue weighted by molar-refractivity contribution is -0.139. The zero-order chi connectivity index (χ0) is 25.9. The van der Waals surface area contributed by atoms with Crippen LogP contribution in [0.25, 0.3) is 0 Å². The summed E-state index contributed by atoms with van der Waals surface area (Å²) < 4.78 is 0.949. The molecule has 0 unspecified atom stereocenters. The van der Waals surface area contributed by atoms with E-state index in [-0.39, 0.29) is 17.9 Å². The molecule has 36 heavy (non-hydrogen) atoms. The van der Waals surface area contributed by atoms with E-state index in [4.69, 9.17) is 0 Å². The van der Waals surface area contributed by atoms with Gasteiger partial charge in [-0.3, -0.25) is 9.59 Å². The van der Waals surface area contributed by atoms with Gasteiger partial charge in [-0.15, -0.1) is 11.8 Å². The van der Waals surface area contributed by atoms with Crippen molar-refractivity contribution < 1.29 is 9.59 Å². The van der Waals surface area contributed by atoms with Gasteiger partial charge in [0.25, 0.3) is 0 Å². The van der Waals surface area contributed by atoms with Crippen molar-refractivity contribution in [3.05, 3.63) is 106 Å². The molecule has 1 N–H and O–H groups in total. The largest absolute Gasteiger partial charge is 0.352 e. The summed E-state index contributed by atoms with van der Waals surface area (Å²) in [5, 5.41) is 3.12. The molecule has 190 valence electrons. The summed E-state index contributed by atoms with van der Waals surface area (Å²) in [6.45, 7) is 6.48. The molecular formula is C30H35BrN2O2S. The lowest BCUT2D eigenvalue weighted by Gasteiger charge is -2.32. The highest BCUT2D eigenvalue weighted by Gasteiger charge is 2.30. The minimum atomic E-state index is -0.604. The molecule has 0 radical (unpaired) electrons. The van der Waals surface area contributed by atoms with Crippen LogP contribution in [0.5, 0.6) is 0 Å². The second kappa shape index (κ2) is 14.2. The number of carbonyl (C=O) groups excluding carboxylic acids is 2. The van der Waals surface area contributed by atoms with E-state index in [1.165, 1.54) is 11.1 Å². The highest BCUT2D eigenvalue weighted by molar-refractivity contribution is 9.10. The van der Waals surface area contributed by atoms with Gasteiger partial charge >= 0.3 is 0 Å². The van der Waals surface area contributed by atoms with Crippen LogP contribution < -0.4 is 5.32 Å². The third kappa shape index (κ3) is 8.82. The Bertz CT molecular complexity index is 1120. The van der Waals surface area contributed by atoms with Gasteiger partial charge in [-0.1, -0.05) is 95.1 Å². The Kier molecular flexibility index (Phi) is 11.1. The summed E-state index contributed by atoms with van der Waals surface area (Å²) in [4.78, 5) is 29.0. The van der Waals surface area contributed by atoms with Crippen molar-refractivity contribution in [3.8, 4) is 0 Å². The van der Waals surface area contributed by atoms with E-state index < -0.39 is 6.04 Å². The second-order valence-electron chi connectivity index (χ2n) is 9.15. The Morgan fingerprint density at radius 1 is 0.944 bits per heavy atom. The molecule has 0 aliphatic heterocycles. The van der Waals surface area contributed by atoms with Crippen LogP contribution in [0.2, 0.25) is 0 Å². The molecule has 0 fully saturated rings. The highest BCUT2D eigenvalue weighted by Crippen LogP contribution is 2.20. The average Bonchev–Trinajstić information content (AvgIpc) is 2.87. The van der Waals surface area contributed by atoms with Gasteiger partial charge in [0.2, 0.25) is 11.8 Å². The fourth-order valence-electron chi connectivity index (χ4n) is 3.85. The number of hydrogen-bond acceptors (Lipinski definition) is 3. The standard InChI is InChI=1S/C30H35BrN2O2S/c1-4-23(3)32-30(35)28(18-24-9-6-5-7-10-24)33(19-26-11-8-12-27(31)17-26)29(34)21-36-20-25-15-13-22(2)14-16-25/h5-17,23,28H,4,18-21H2,1-3H3,(H,32,35)/t23-,28+/m0/s1. The number of thioether (sulfide) groups is 1. The van der Waals surface area contributed by atoms with E-state index >= 15 is 0 Å². The maximum absolute atomic E-state index is 13.7. The monoisotopic (exact) mass is 566 g/mol. The lowest BCUT2D eigenvalue weighted by Crippen LogP contribution is -2.52. The summed E-state index contributed by atoms with van der Waals surface area (Å²) in [6.07, 6.45) is 1.29. The first-order valence-corrected chi connectivity index (χ1v) is 14.3. The molecule has 3 rings (SSSR count). The number of rotatable bonds is 12. The van der Waals surface area contributed by atoms with E-state index in [2.05, 4.69) is 52.4 Å². The summed E-state index contributed by atoms with van der Waals surface area (Å²) in [5.41, 5.74) is 4.42. The van der Waals surface area contributed by atoms with E-state index in [1.54, 1.807) is 16.7 Å². The average molecular weight is 568 g/mol. The Morgan fingerprint density at radius 3 is 2.31 bits per heavy atom. The van der Waals surface area contributed by atoms with Crippen LogP contribution in [0.3, 0.4) is 0 Å². The highest BCUT2D eigenvalue weighted by atomic mass is 79.9. The first kappa shape index (κ1) is 28.0. The topological polar surface area (TPSA) is 49.4 Å². The van der Waals surface area contributed by atoms with Crippen LogP contribution >= 0.6 is 27.7 Å². The maximum atomic E-state index is 13.7. The van der Waals surface area contributed by atoms with E-state index in [0.717, 1.165) is 27.8 Å². The minimum absolute atomic E-state index is 0.0349. The number of nitrogens with zero attached hydrogens (tertiary/aromatic N) is 1. The smallest absolute Gasteiger partial charge is 0.243 e. The molecule has 0 heterocycles. The zero-order valence-corrected chi connectivity index (χ0v) is 23.6. The van der Waals surface area contributed by atoms with Crippen LogP contribution in [0.15, 0.2) is 83.3 Å². The Hall–Kier alpha value is -2.57.